The molecule has 1 heterocycles. The Bertz CT molecular complexity index is 1040. The third-order valence-electron chi connectivity index (χ3n) is 3.68. The smallest absolute Gasteiger partial charge is 0.416 e. The Morgan fingerprint density at radius 1 is 1.07 bits per heavy atom. The van der Waals surface area contributed by atoms with Crippen molar-refractivity contribution in [1.29, 1.82) is 0 Å². The van der Waals surface area contributed by atoms with E-state index in [2.05, 4.69) is 10.3 Å². The number of hydrogen-bond acceptors (Lipinski definition) is 5. The minimum absolute atomic E-state index is 0.0594. The number of anilines is 1. The van der Waals surface area contributed by atoms with Gasteiger partial charge < -0.3 is 19.9 Å². The summed E-state index contributed by atoms with van der Waals surface area (Å²) in [5.41, 5.74) is -1.06. The Labute approximate surface area is 155 Å². The van der Waals surface area contributed by atoms with Crippen molar-refractivity contribution < 1.29 is 37.4 Å². The number of amides is 1. The van der Waals surface area contributed by atoms with Crippen LogP contribution in [0.1, 0.15) is 26.4 Å². The zero-order chi connectivity index (χ0) is 20.5. The summed E-state index contributed by atoms with van der Waals surface area (Å²) in [6, 6.07) is 7.51. The maximum atomic E-state index is 12.6. The number of nitrogens with one attached hydrogen (secondary N) is 1. The number of carboxylic acids is 1. The van der Waals surface area contributed by atoms with Crippen LogP contribution in [0, 0.1) is 0 Å². The normalized spacial score (nSPS) is 11.2. The minimum atomic E-state index is -4.47. The number of aromatic carboxylic acids is 1. The molecule has 0 bridgehead atoms. The number of carbonyl (C=O) groups excluding carboxylic acids is 1. The molecule has 0 fully saturated rings. The molecule has 0 aliphatic rings. The highest BCUT2D eigenvalue weighted by atomic mass is 19.4. The molecule has 0 saturated carbocycles. The number of halogens is 3. The lowest BCUT2D eigenvalue weighted by molar-refractivity contribution is -0.137. The number of phenols is 1. The largest absolute Gasteiger partial charge is 0.507 e. The lowest BCUT2D eigenvalue weighted by Gasteiger charge is -2.06. The number of carboxylic acid groups (broad SMARTS) is 1. The summed E-state index contributed by atoms with van der Waals surface area (Å²) in [4.78, 5) is 27.1. The molecule has 0 aliphatic heterocycles. The molecule has 3 rings (SSSR count). The van der Waals surface area contributed by atoms with Gasteiger partial charge in [0.1, 0.15) is 17.6 Å². The van der Waals surface area contributed by atoms with Crippen LogP contribution >= 0.6 is 0 Å². The Morgan fingerprint density at radius 2 is 1.75 bits per heavy atom. The molecule has 144 valence electrons. The average molecular weight is 392 g/mol. The van der Waals surface area contributed by atoms with Gasteiger partial charge in [0.2, 0.25) is 5.89 Å². The molecular formula is C18H11F3N2O5. The SMILES string of the molecule is O=C(Nc1ccc(O)c(C(=O)O)c1)c1coc(-c2ccc(C(F)(F)F)cc2)n1. The number of aromatic hydroxyl groups is 1. The van der Waals surface area contributed by atoms with Crippen molar-refractivity contribution in [3.63, 3.8) is 0 Å². The predicted octanol–water partition coefficient (Wildman–Crippen LogP) is 4.02. The number of aromatic nitrogens is 1. The summed E-state index contributed by atoms with van der Waals surface area (Å²) in [5, 5.41) is 20.8. The Balaban J connectivity index is 1.77. The number of oxazole rings is 1. The molecule has 0 spiro atoms. The van der Waals surface area contributed by atoms with Crippen LogP contribution < -0.4 is 5.32 Å². The van der Waals surface area contributed by atoms with Crippen molar-refractivity contribution in [2.45, 2.75) is 6.18 Å². The van der Waals surface area contributed by atoms with Gasteiger partial charge in [-0.15, -0.1) is 0 Å². The van der Waals surface area contributed by atoms with Crippen LogP contribution in [0.25, 0.3) is 11.5 Å². The van der Waals surface area contributed by atoms with Crippen molar-refractivity contribution in [2.24, 2.45) is 0 Å². The summed E-state index contributed by atoms with van der Waals surface area (Å²) in [6.07, 6.45) is -3.46. The van der Waals surface area contributed by atoms with Gasteiger partial charge in [-0.1, -0.05) is 0 Å². The molecule has 10 heteroatoms. The van der Waals surface area contributed by atoms with E-state index in [0.29, 0.717) is 0 Å². The molecule has 28 heavy (non-hydrogen) atoms. The van der Waals surface area contributed by atoms with Crippen molar-refractivity contribution >= 4 is 17.6 Å². The molecule has 2 aromatic carbocycles. The lowest BCUT2D eigenvalue weighted by Crippen LogP contribution is -2.13. The monoisotopic (exact) mass is 392 g/mol. The second-order valence-corrected chi connectivity index (χ2v) is 5.60. The summed E-state index contributed by atoms with van der Waals surface area (Å²) >= 11 is 0. The van der Waals surface area contributed by atoms with Gasteiger partial charge in [0.15, 0.2) is 5.69 Å². The van der Waals surface area contributed by atoms with Gasteiger partial charge in [-0.2, -0.15) is 13.2 Å². The van der Waals surface area contributed by atoms with Crippen LogP contribution in [0.2, 0.25) is 0 Å². The van der Waals surface area contributed by atoms with Crippen molar-refractivity contribution in [1.82, 2.24) is 4.98 Å². The molecule has 3 N–H and O–H groups in total. The first kappa shape index (κ1) is 19.0. The van der Waals surface area contributed by atoms with E-state index in [1.165, 1.54) is 6.07 Å². The highest BCUT2D eigenvalue weighted by Crippen LogP contribution is 2.31. The molecule has 0 unspecified atom stereocenters. The Morgan fingerprint density at radius 3 is 2.36 bits per heavy atom. The maximum absolute atomic E-state index is 12.6. The van der Waals surface area contributed by atoms with Gasteiger partial charge in [-0.3, -0.25) is 4.79 Å². The standard InChI is InChI=1S/C18H11F3N2O5/c19-18(20,21)10-3-1-9(2-4-10)16-23-13(8-28-16)15(25)22-11-5-6-14(24)12(7-11)17(26)27/h1-8,24H,(H,22,25)(H,26,27). The molecule has 0 atom stereocenters. The molecule has 1 amide bonds. The van der Waals surface area contributed by atoms with Crippen molar-refractivity contribution in [3.8, 4) is 17.2 Å². The van der Waals surface area contributed by atoms with Crippen LogP contribution in [-0.2, 0) is 6.18 Å². The Hall–Kier alpha value is -3.82. The third kappa shape index (κ3) is 3.95. The number of benzene rings is 2. The molecular weight excluding hydrogens is 381 g/mol. The molecule has 7 nitrogen and oxygen atoms in total. The second kappa shape index (κ2) is 7.06. The third-order valence-corrected chi connectivity index (χ3v) is 3.68. The zero-order valence-corrected chi connectivity index (χ0v) is 13.8. The number of rotatable bonds is 4. The molecule has 0 radical (unpaired) electrons. The quantitative estimate of drug-likeness (QED) is 0.578. The molecule has 3 aromatic rings. The maximum Gasteiger partial charge on any atom is 0.416 e. The lowest BCUT2D eigenvalue weighted by atomic mass is 10.1. The van der Waals surface area contributed by atoms with E-state index < -0.39 is 34.9 Å². The van der Waals surface area contributed by atoms with E-state index in [-0.39, 0.29) is 22.8 Å². The van der Waals surface area contributed by atoms with E-state index in [9.17, 15) is 27.9 Å². The van der Waals surface area contributed by atoms with Crippen LogP contribution in [0.3, 0.4) is 0 Å². The van der Waals surface area contributed by atoms with Crippen LogP contribution in [0.15, 0.2) is 53.1 Å². The summed E-state index contributed by atoms with van der Waals surface area (Å²) in [6.45, 7) is 0. The van der Waals surface area contributed by atoms with E-state index in [1.54, 1.807) is 0 Å². The summed E-state index contributed by atoms with van der Waals surface area (Å²) in [7, 11) is 0. The van der Waals surface area contributed by atoms with Crippen molar-refractivity contribution in [2.75, 3.05) is 5.32 Å². The Kier molecular flexibility index (Phi) is 4.78. The van der Waals surface area contributed by atoms with Gasteiger partial charge in [0.05, 0.1) is 5.56 Å². The second-order valence-electron chi connectivity index (χ2n) is 5.60. The van der Waals surface area contributed by atoms with E-state index in [0.717, 1.165) is 42.7 Å². The van der Waals surface area contributed by atoms with Gasteiger partial charge in [0.25, 0.3) is 5.91 Å². The molecule has 0 saturated heterocycles. The van der Waals surface area contributed by atoms with Crippen LogP contribution in [-0.4, -0.2) is 27.1 Å². The first-order chi connectivity index (χ1) is 13.1. The minimum Gasteiger partial charge on any atom is -0.507 e. The van der Waals surface area contributed by atoms with Crippen molar-refractivity contribution in [3.05, 3.63) is 65.5 Å². The topological polar surface area (TPSA) is 113 Å². The number of alkyl halides is 3. The summed E-state index contributed by atoms with van der Waals surface area (Å²) < 4.78 is 42.9. The van der Waals surface area contributed by atoms with Gasteiger partial charge in [-0.05, 0) is 42.5 Å². The highest BCUT2D eigenvalue weighted by molar-refractivity contribution is 6.03. The van der Waals surface area contributed by atoms with Gasteiger partial charge in [-0.25, -0.2) is 9.78 Å². The van der Waals surface area contributed by atoms with Gasteiger partial charge in [0, 0.05) is 11.3 Å². The fourth-order valence-corrected chi connectivity index (χ4v) is 2.29. The number of nitrogens with zero attached hydrogens (tertiary/aromatic N) is 1. The van der Waals surface area contributed by atoms with Gasteiger partial charge >= 0.3 is 12.1 Å². The van der Waals surface area contributed by atoms with Crippen LogP contribution in [0.4, 0.5) is 18.9 Å². The first-order valence-corrected chi connectivity index (χ1v) is 7.66. The zero-order valence-electron chi connectivity index (χ0n) is 13.8. The van der Waals surface area contributed by atoms with E-state index in [4.69, 9.17) is 9.52 Å². The van der Waals surface area contributed by atoms with E-state index >= 15 is 0 Å². The summed E-state index contributed by atoms with van der Waals surface area (Å²) in [5.74, 6) is -2.63. The number of carbonyl (C=O) groups is 2. The van der Waals surface area contributed by atoms with Crippen LogP contribution in [0.5, 0.6) is 5.75 Å². The highest BCUT2D eigenvalue weighted by Gasteiger charge is 2.30. The number of hydrogen-bond donors (Lipinski definition) is 3. The fraction of sp³-hybridized carbons (Fsp3) is 0.0556. The molecule has 1 aromatic heterocycles. The molecule has 0 aliphatic carbocycles. The predicted molar refractivity (Wildman–Crippen MR) is 90.0 cm³/mol. The first-order valence-electron chi connectivity index (χ1n) is 7.66. The average Bonchev–Trinajstić information content (AvgIpc) is 3.13. The van der Waals surface area contributed by atoms with E-state index in [1.807, 2.05) is 0 Å². The fourth-order valence-electron chi connectivity index (χ4n) is 2.29.